The number of thiazole rings is 1. The van der Waals surface area contributed by atoms with Gasteiger partial charge in [0.1, 0.15) is 5.69 Å². The van der Waals surface area contributed by atoms with Crippen molar-refractivity contribution in [3.8, 4) is 0 Å². The van der Waals surface area contributed by atoms with Crippen molar-refractivity contribution in [2.24, 2.45) is 5.73 Å². The predicted octanol–water partition coefficient (Wildman–Crippen LogP) is 3.62. The average molecular weight is 375 g/mol. The highest BCUT2D eigenvalue weighted by molar-refractivity contribution is 9.10. The molecule has 0 spiro atoms. The van der Waals surface area contributed by atoms with Crippen LogP contribution in [0.3, 0.4) is 0 Å². The van der Waals surface area contributed by atoms with Crippen molar-refractivity contribution in [1.82, 2.24) is 4.98 Å². The molecule has 1 aromatic heterocycles. The summed E-state index contributed by atoms with van der Waals surface area (Å²) in [4.78, 5) is 16.4. The van der Waals surface area contributed by atoms with Crippen LogP contribution in [-0.2, 0) is 6.42 Å². The molecule has 2 aromatic rings. The fourth-order valence-electron chi connectivity index (χ4n) is 1.58. The van der Waals surface area contributed by atoms with Crippen LogP contribution in [0.2, 0.25) is 5.02 Å². The number of carbonyl (C=O) groups excluding carboxylic acids is 1. The van der Waals surface area contributed by atoms with Gasteiger partial charge in [-0.15, -0.1) is 11.3 Å². The van der Waals surface area contributed by atoms with Gasteiger partial charge in [-0.1, -0.05) is 11.6 Å². The first kappa shape index (κ1) is 15.4. The Kier molecular flexibility index (Phi) is 5.15. The molecule has 0 saturated heterocycles. The highest BCUT2D eigenvalue weighted by Gasteiger charge is 2.13. The molecule has 7 heteroatoms. The van der Waals surface area contributed by atoms with Crippen molar-refractivity contribution in [1.29, 1.82) is 0 Å². The minimum absolute atomic E-state index is 0.259. The first-order valence-corrected chi connectivity index (χ1v) is 7.97. The maximum absolute atomic E-state index is 12.1. The molecule has 0 aliphatic rings. The van der Waals surface area contributed by atoms with Gasteiger partial charge >= 0.3 is 0 Å². The van der Waals surface area contributed by atoms with Crippen molar-refractivity contribution in [2.75, 3.05) is 11.9 Å². The third kappa shape index (κ3) is 3.58. The van der Waals surface area contributed by atoms with E-state index in [0.717, 1.165) is 15.0 Å². The van der Waals surface area contributed by atoms with Crippen molar-refractivity contribution in [3.05, 3.63) is 43.3 Å². The smallest absolute Gasteiger partial charge is 0.275 e. The van der Waals surface area contributed by atoms with Crippen LogP contribution < -0.4 is 11.1 Å². The Balaban J connectivity index is 2.16. The summed E-state index contributed by atoms with van der Waals surface area (Å²) in [6.45, 7) is 2.42. The quantitative estimate of drug-likeness (QED) is 0.859. The van der Waals surface area contributed by atoms with E-state index in [-0.39, 0.29) is 5.91 Å². The Bertz CT molecular complexity index is 645. The predicted molar refractivity (Wildman–Crippen MR) is 86.7 cm³/mol. The van der Waals surface area contributed by atoms with Crippen LogP contribution in [0.5, 0.6) is 0 Å². The standard InChI is InChI=1S/C13H13BrClN3OS/c1-7-4-8(14)10(5-9(7)15)18-13(19)11-6-20-12(17-11)2-3-16/h4-6H,2-3,16H2,1H3,(H,18,19). The highest BCUT2D eigenvalue weighted by Crippen LogP contribution is 2.29. The van der Waals surface area contributed by atoms with E-state index in [1.54, 1.807) is 11.4 Å². The van der Waals surface area contributed by atoms with Crippen LogP contribution in [0.4, 0.5) is 5.69 Å². The van der Waals surface area contributed by atoms with Crippen molar-refractivity contribution >= 4 is 50.5 Å². The molecule has 0 saturated carbocycles. The molecule has 0 aliphatic heterocycles. The summed E-state index contributed by atoms with van der Waals surface area (Å²) < 4.78 is 0.783. The molecule has 1 heterocycles. The van der Waals surface area contributed by atoms with E-state index in [1.807, 2.05) is 13.0 Å². The lowest BCUT2D eigenvalue weighted by atomic mass is 10.2. The number of nitrogens with one attached hydrogen (secondary N) is 1. The molecule has 0 atom stereocenters. The second-order valence-corrected chi connectivity index (χ2v) is 6.40. The zero-order chi connectivity index (χ0) is 14.7. The zero-order valence-corrected chi connectivity index (χ0v) is 13.9. The van der Waals surface area contributed by atoms with E-state index in [1.165, 1.54) is 11.3 Å². The van der Waals surface area contributed by atoms with E-state index in [2.05, 4.69) is 26.2 Å². The maximum Gasteiger partial charge on any atom is 0.275 e. The monoisotopic (exact) mass is 373 g/mol. The average Bonchev–Trinajstić information content (AvgIpc) is 2.85. The molecule has 0 unspecified atom stereocenters. The summed E-state index contributed by atoms with van der Waals surface area (Å²) in [5.41, 5.74) is 7.42. The van der Waals surface area contributed by atoms with Gasteiger partial charge in [0.15, 0.2) is 0 Å². The van der Waals surface area contributed by atoms with Gasteiger partial charge in [0.2, 0.25) is 0 Å². The number of carbonyl (C=O) groups is 1. The number of benzene rings is 1. The van der Waals surface area contributed by atoms with E-state index >= 15 is 0 Å². The van der Waals surface area contributed by atoms with Crippen LogP contribution in [0.15, 0.2) is 22.0 Å². The van der Waals surface area contributed by atoms with Gasteiger partial charge in [-0.25, -0.2) is 4.98 Å². The van der Waals surface area contributed by atoms with E-state index in [9.17, 15) is 4.79 Å². The number of aryl methyl sites for hydroxylation is 1. The Morgan fingerprint density at radius 1 is 1.55 bits per heavy atom. The third-order valence-electron chi connectivity index (χ3n) is 2.64. The number of nitrogens with two attached hydrogens (primary N) is 1. The molecule has 106 valence electrons. The van der Waals surface area contributed by atoms with Gasteiger partial charge in [-0.3, -0.25) is 4.79 Å². The number of halogens is 2. The first-order chi connectivity index (χ1) is 9.51. The summed E-state index contributed by atoms with van der Waals surface area (Å²) in [6, 6.07) is 3.57. The summed E-state index contributed by atoms with van der Waals surface area (Å²) >= 11 is 10.9. The number of amides is 1. The van der Waals surface area contributed by atoms with E-state index < -0.39 is 0 Å². The molecule has 3 N–H and O–H groups in total. The SMILES string of the molecule is Cc1cc(Br)c(NC(=O)c2csc(CCN)n2)cc1Cl. The molecule has 0 radical (unpaired) electrons. The summed E-state index contributed by atoms with van der Waals surface area (Å²) in [5.74, 6) is -0.259. The number of anilines is 1. The second-order valence-electron chi connectivity index (χ2n) is 4.20. The lowest BCUT2D eigenvalue weighted by molar-refractivity contribution is 0.102. The first-order valence-electron chi connectivity index (χ1n) is 5.92. The normalized spacial score (nSPS) is 10.6. The van der Waals surface area contributed by atoms with Gasteiger partial charge < -0.3 is 11.1 Å². The van der Waals surface area contributed by atoms with E-state index in [4.69, 9.17) is 17.3 Å². The molecule has 0 fully saturated rings. The fourth-order valence-corrected chi connectivity index (χ4v) is 3.10. The lowest BCUT2D eigenvalue weighted by Gasteiger charge is -2.08. The Morgan fingerprint density at radius 3 is 3.00 bits per heavy atom. The minimum atomic E-state index is -0.259. The van der Waals surface area contributed by atoms with Gasteiger partial charge in [0.25, 0.3) is 5.91 Å². The zero-order valence-electron chi connectivity index (χ0n) is 10.7. The largest absolute Gasteiger partial charge is 0.330 e. The summed E-state index contributed by atoms with van der Waals surface area (Å²) in [6.07, 6.45) is 0.679. The molecule has 1 aromatic carbocycles. The minimum Gasteiger partial charge on any atom is -0.330 e. The van der Waals surface area contributed by atoms with Gasteiger partial charge in [0, 0.05) is 21.3 Å². The Morgan fingerprint density at radius 2 is 2.30 bits per heavy atom. The van der Waals surface area contributed by atoms with Gasteiger partial charge in [-0.05, 0) is 47.1 Å². The molecule has 0 bridgehead atoms. The molecule has 1 amide bonds. The number of rotatable bonds is 4. The molecule has 4 nitrogen and oxygen atoms in total. The van der Waals surface area contributed by atoms with Crippen LogP contribution in [0.25, 0.3) is 0 Å². The molecular formula is C13H13BrClN3OS. The topological polar surface area (TPSA) is 68.0 Å². The van der Waals surface area contributed by atoms with Crippen molar-refractivity contribution < 1.29 is 4.79 Å². The maximum atomic E-state index is 12.1. The highest BCUT2D eigenvalue weighted by atomic mass is 79.9. The Labute approximate surface area is 134 Å². The van der Waals surface area contributed by atoms with Crippen LogP contribution in [0.1, 0.15) is 21.1 Å². The van der Waals surface area contributed by atoms with Gasteiger partial charge in [-0.2, -0.15) is 0 Å². The Hall–Kier alpha value is -0.950. The van der Waals surface area contributed by atoms with Gasteiger partial charge in [0.05, 0.1) is 10.7 Å². The van der Waals surface area contributed by atoms with E-state index in [0.29, 0.717) is 29.4 Å². The number of nitrogens with zero attached hydrogens (tertiary/aromatic N) is 1. The number of hydrogen-bond acceptors (Lipinski definition) is 4. The molecule has 2 rings (SSSR count). The van der Waals surface area contributed by atoms with Crippen LogP contribution >= 0.6 is 38.9 Å². The number of aromatic nitrogens is 1. The summed E-state index contributed by atoms with van der Waals surface area (Å²) in [5, 5.41) is 5.98. The second kappa shape index (κ2) is 6.67. The lowest BCUT2D eigenvalue weighted by Crippen LogP contribution is -2.13. The van der Waals surface area contributed by atoms with Crippen molar-refractivity contribution in [3.63, 3.8) is 0 Å². The molecule has 20 heavy (non-hydrogen) atoms. The van der Waals surface area contributed by atoms with Crippen LogP contribution in [0, 0.1) is 6.92 Å². The number of hydrogen-bond donors (Lipinski definition) is 2. The summed E-state index contributed by atoms with van der Waals surface area (Å²) in [7, 11) is 0. The van der Waals surface area contributed by atoms with Crippen LogP contribution in [-0.4, -0.2) is 17.4 Å². The molecular weight excluding hydrogens is 362 g/mol. The molecule has 0 aliphatic carbocycles. The fraction of sp³-hybridized carbons (Fsp3) is 0.231. The third-order valence-corrected chi connectivity index (χ3v) is 4.61. The van der Waals surface area contributed by atoms with Crippen molar-refractivity contribution in [2.45, 2.75) is 13.3 Å².